The van der Waals surface area contributed by atoms with Crippen molar-refractivity contribution in [1.82, 2.24) is 4.90 Å². The van der Waals surface area contributed by atoms with Crippen molar-refractivity contribution in [2.75, 3.05) is 19.6 Å². The molecule has 0 spiro atoms. The number of nitrogens with two attached hydrogens (primary N) is 1. The highest BCUT2D eigenvalue weighted by atomic mass is 15.1. The Morgan fingerprint density at radius 1 is 1.36 bits per heavy atom. The van der Waals surface area contributed by atoms with Crippen molar-refractivity contribution in [2.45, 2.75) is 46.6 Å². The van der Waals surface area contributed by atoms with Crippen molar-refractivity contribution in [3.63, 3.8) is 0 Å². The Kier molecular flexibility index (Phi) is 3.96. The third-order valence-corrected chi connectivity index (χ3v) is 3.23. The Labute approximate surface area is 88.8 Å². The number of likely N-dealkylation sites (N-methyl/N-ethyl adjacent to an activating group) is 1. The quantitative estimate of drug-likeness (QED) is 0.733. The topological polar surface area (TPSA) is 29.3 Å². The van der Waals surface area contributed by atoms with Gasteiger partial charge in [-0.15, -0.1) is 0 Å². The molecule has 1 unspecified atom stereocenters. The predicted octanol–water partition coefficient (Wildman–Crippen LogP) is 2.09. The maximum absolute atomic E-state index is 6.18. The van der Waals surface area contributed by atoms with Crippen molar-refractivity contribution >= 4 is 0 Å². The molecule has 0 aromatic heterocycles. The van der Waals surface area contributed by atoms with E-state index in [9.17, 15) is 0 Å². The van der Waals surface area contributed by atoms with Gasteiger partial charge in [0.2, 0.25) is 0 Å². The standard InChI is InChI=1S/C12H26N2/c1-5-14(8-10-6-7-10)9-11(13)12(2,3)4/h10-11H,5-9,13H2,1-4H3. The minimum atomic E-state index is 0.233. The molecule has 1 aliphatic rings. The second-order valence-corrected chi connectivity index (χ2v) is 5.77. The van der Waals surface area contributed by atoms with Crippen LogP contribution in [0.2, 0.25) is 0 Å². The van der Waals surface area contributed by atoms with E-state index in [2.05, 4.69) is 32.6 Å². The van der Waals surface area contributed by atoms with Crippen molar-refractivity contribution in [3.05, 3.63) is 0 Å². The van der Waals surface area contributed by atoms with E-state index in [4.69, 9.17) is 5.73 Å². The van der Waals surface area contributed by atoms with Crippen LogP contribution >= 0.6 is 0 Å². The molecule has 1 fully saturated rings. The van der Waals surface area contributed by atoms with Gasteiger partial charge in [-0.25, -0.2) is 0 Å². The van der Waals surface area contributed by atoms with Gasteiger partial charge >= 0.3 is 0 Å². The van der Waals surface area contributed by atoms with E-state index in [0.717, 1.165) is 19.0 Å². The first-order valence-electron chi connectivity index (χ1n) is 5.91. The molecular formula is C12H26N2. The van der Waals surface area contributed by atoms with Gasteiger partial charge in [-0.3, -0.25) is 0 Å². The monoisotopic (exact) mass is 198 g/mol. The maximum Gasteiger partial charge on any atom is 0.0217 e. The molecule has 2 nitrogen and oxygen atoms in total. The first kappa shape index (κ1) is 12.0. The minimum absolute atomic E-state index is 0.233. The number of hydrogen-bond acceptors (Lipinski definition) is 2. The van der Waals surface area contributed by atoms with Crippen molar-refractivity contribution < 1.29 is 0 Å². The van der Waals surface area contributed by atoms with Crippen molar-refractivity contribution in [1.29, 1.82) is 0 Å². The van der Waals surface area contributed by atoms with Crippen LogP contribution in [0.3, 0.4) is 0 Å². The van der Waals surface area contributed by atoms with Crippen LogP contribution in [-0.2, 0) is 0 Å². The molecule has 0 aromatic rings. The van der Waals surface area contributed by atoms with Gasteiger partial charge in [0.25, 0.3) is 0 Å². The van der Waals surface area contributed by atoms with Crippen molar-refractivity contribution in [2.24, 2.45) is 17.1 Å². The fourth-order valence-corrected chi connectivity index (χ4v) is 1.55. The molecule has 14 heavy (non-hydrogen) atoms. The molecule has 84 valence electrons. The van der Waals surface area contributed by atoms with Gasteiger partial charge in [0.15, 0.2) is 0 Å². The third kappa shape index (κ3) is 3.97. The number of nitrogens with zero attached hydrogens (tertiary/aromatic N) is 1. The zero-order chi connectivity index (χ0) is 10.8. The lowest BCUT2D eigenvalue weighted by Gasteiger charge is -2.32. The highest BCUT2D eigenvalue weighted by Gasteiger charge is 2.27. The fraction of sp³-hybridized carbons (Fsp3) is 1.00. The fourth-order valence-electron chi connectivity index (χ4n) is 1.55. The van der Waals surface area contributed by atoms with Crippen molar-refractivity contribution in [3.8, 4) is 0 Å². The van der Waals surface area contributed by atoms with E-state index in [1.165, 1.54) is 19.4 Å². The van der Waals surface area contributed by atoms with E-state index in [-0.39, 0.29) is 5.41 Å². The van der Waals surface area contributed by atoms with E-state index in [1.807, 2.05) is 0 Å². The second-order valence-electron chi connectivity index (χ2n) is 5.77. The molecule has 1 rings (SSSR count). The molecule has 2 heteroatoms. The molecule has 1 saturated carbocycles. The predicted molar refractivity (Wildman–Crippen MR) is 62.3 cm³/mol. The summed E-state index contributed by atoms with van der Waals surface area (Å²) in [5, 5.41) is 0. The lowest BCUT2D eigenvalue weighted by atomic mass is 9.87. The summed E-state index contributed by atoms with van der Waals surface area (Å²) < 4.78 is 0. The number of rotatable bonds is 5. The normalized spacial score (nSPS) is 20.1. The van der Waals surface area contributed by atoms with Crippen LogP contribution in [-0.4, -0.2) is 30.6 Å². The molecule has 1 atom stereocenters. The molecule has 1 aliphatic carbocycles. The average molecular weight is 198 g/mol. The maximum atomic E-state index is 6.18. The van der Waals surface area contributed by atoms with E-state index >= 15 is 0 Å². The Bertz CT molecular complexity index is 168. The SMILES string of the molecule is CCN(CC1CC1)CC(N)C(C)(C)C. The summed E-state index contributed by atoms with van der Waals surface area (Å²) >= 11 is 0. The van der Waals surface area contributed by atoms with Gasteiger partial charge < -0.3 is 10.6 Å². The summed E-state index contributed by atoms with van der Waals surface area (Å²) in [5.41, 5.74) is 6.41. The third-order valence-electron chi connectivity index (χ3n) is 3.23. The van der Waals surface area contributed by atoms with Gasteiger partial charge in [0.1, 0.15) is 0 Å². The molecule has 2 N–H and O–H groups in total. The van der Waals surface area contributed by atoms with Crippen LogP contribution in [0.1, 0.15) is 40.5 Å². The minimum Gasteiger partial charge on any atom is -0.326 e. The summed E-state index contributed by atoms with van der Waals surface area (Å²) in [4.78, 5) is 2.51. The van der Waals surface area contributed by atoms with Crippen LogP contribution < -0.4 is 5.73 Å². The van der Waals surface area contributed by atoms with Gasteiger partial charge in [-0.05, 0) is 30.7 Å². The summed E-state index contributed by atoms with van der Waals surface area (Å²) in [5.74, 6) is 0.974. The summed E-state index contributed by atoms with van der Waals surface area (Å²) in [6, 6.07) is 0.293. The molecule has 0 aromatic carbocycles. The Morgan fingerprint density at radius 2 is 1.93 bits per heavy atom. The zero-order valence-electron chi connectivity index (χ0n) is 10.2. The zero-order valence-corrected chi connectivity index (χ0v) is 10.2. The van der Waals surface area contributed by atoms with Gasteiger partial charge in [-0.1, -0.05) is 27.7 Å². The first-order valence-corrected chi connectivity index (χ1v) is 5.91. The average Bonchev–Trinajstić information content (AvgIpc) is 2.85. The molecule has 0 bridgehead atoms. The van der Waals surface area contributed by atoms with E-state index in [0.29, 0.717) is 6.04 Å². The Morgan fingerprint density at radius 3 is 2.29 bits per heavy atom. The molecular weight excluding hydrogens is 172 g/mol. The molecule has 0 heterocycles. The Balaban J connectivity index is 2.30. The molecule has 0 aliphatic heterocycles. The van der Waals surface area contributed by atoms with E-state index in [1.54, 1.807) is 0 Å². The summed E-state index contributed by atoms with van der Waals surface area (Å²) in [7, 11) is 0. The smallest absolute Gasteiger partial charge is 0.0217 e. The summed E-state index contributed by atoms with van der Waals surface area (Å²) in [6.07, 6.45) is 2.86. The van der Waals surface area contributed by atoms with E-state index < -0.39 is 0 Å². The lowest BCUT2D eigenvalue weighted by molar-refractivity contribution is 0.200. The van der Waals surface area contributed by atoms with Crippen LogP contribution in [0.4, 0.5) is 0 Å². The molecule has 0 saturated heterocycles. The second kappa shape index (κ2) is 4.63. The largest absolute Gasteiger partial charge is 0.326 e. The van der Waals surface area contributed by atoms with Gasteiger partial charge in [-0.2, -0.15) is 0 Å². The molecule has 0 amide bonds. The number of hydrogen-bond donors (Lipinski definition) is 1. The van der Waals surface area contributed by atoms with Gasteiger partial charge in [0, 0.05) is 19.1 Å². The summed E-state index contributed by atoms with van der Waals surface area (Å²) in [6.45, 7) is 12.4. The van der Waals surface area contributed by atoms with Crippen LogP contribution in [0, 0.1) is 11.3 Å². The van der Waals surface area contributed by atoms with Crippen LogP contribution in [0.15, 0.2) is 0 Å². The highest BCUT2D eigenvalue weighted by molar-refractivity contribution is 4.83. The first-order chi connectivity index (χ1) is 6.43. The molecule has 0 radical (unpaired) electrons. The Hall–Kier alpha value is -0.0800. The highest BCUT2D eigenvalue weighted by Crippen LogP contribution is 2.30. The van der Waals surface area contributed by atoms with Crippen LogP contribution in [0.5, 0.6) is 0 Å². The lowest BCUT2D eigenvalue weighted by Crippen LogP contribution is -2.45. The van der Waals surface area contributed by atoms with Gasteiger partial charge in [0.05, 0.1) is 0 Å². The van der Waals surface area contributed by atoms with Crippen LogP contribution in [0.25, 0.3) is 0 Å².